The number of nitrogens with zero attached hydrogens (tertiary/aromatic N) is 1. The molecule has 3 aromatic rings. The average molecular weight is 584 g/mol. The van der Waals surface area contributed by atoms with E-state index in [4.69, 9.17) is 11.6 Å². The van der Waals surface area contributed by atoms with Crippen LogP contribution in [0.4, 0.5) is 17.1 Å². The fourth-order valence-electron chi connectivity index (χ4n) is 3.99. The van der Waals surface area contributed by atoms with E-state index in [-0.39, 0.29) is 5.91 Å². The Bertz CT molecular complexity index is 1230. The molecule has 1 aliphatic heterocycles. The van der Waals surface area contributed by atoms with Gasteiger partial charge in [-0.1, -0.05) is 74.9 Å². The monoisotopic (exact) mass is 583 g/mol. The second kappa shape index (κ2) is 18.2. The van der Waals surface area contributed by atoms with Gasteiger partial charge in [-0.15, -0.1) is 0 Å². The van der Waals surface area contributed by atoms with Crippen LogP contribution in [-0.4, -0.2) is 35.7 Å². The van der Waals surface area contributed by atoms with Gasteiger partial charge >= 0.3 is 0 Å². The van der Waals surface area contributed by atoms with E-state index < -0.39 is 11.0 Å². The summed E-state index contributed by atoms with van der Waals surface area (Å²) in [5.41, 5.74) is 4.74. The maximum Gasteiger partial charge on any atom is 0.255 e. The van der Waals surface area contributed by atoms with Crippen molar-refractivity contribution in [2.24, 2.45) is 0 Å². The molecule has 0 aromatic heterocycles. The van der Waals surface area contributed by atoms with E-state index in [1.54, 1.807) is 43.4 Å². The van der Waals surface area contributed by atoms with Crippen LogP contribution in [0.3, 0.4) is 0 Å². The Labute approximate surface area is 247 Å². The molecule has 0 spiro atoms. The van der Waals surface area contributed by atoms with Crippen LogP contribution in [0.25, 0.3) is 0 Å². The van der Waals surface area contributed by atoms with Gasteiger partial charge in [-0.05, 0) is 68.3 Å². The highest BCUT2D eigenvalue weighted by Gasteiger charge is 2.17. The van der Waals surface area contributed by atoms with Crippen molar-refractivity contribution >= 4 is 51.8 Å². The Balaban J connectivity index is 0.000000329. The second-order valence-corrected chi connectivity index (χ2v) is 11.4. The van der Waals surface area contributed by atoms with Crippen molar-refractivity contribution in [1.29, 1.82) is 0 Å². The average Bonchev–Trinajstić information content (AvgIpc) is 3.19. The van der Waals surface area contributed by atoms with Gasteiger partial charge in [-0.3, -0.25) is 13.9 Å². The lowest BCUT2D eigenvalue weighted by atomic mass is 10.1. The molecular weight excluding hydrogens is 542 g/mol. The van der Waals surface area contributed by atoms with Crippen LogP contribution in [0.2, 0.25) is 5.02 Å². The van der Waals surface area contributed by atoms with Crippen LogP contribution < -0.4 is 14.9 Å². The number of halogens is 1. The zero-order valence-corrected chi connectivity index (χ0v) is 25.6. The molecule has 1 amide bonds. The van der Waals surface area contributed by atoms with Gasteiger partial charge in [0, 0.05) is 41.8 Å². The lowest BCUT2D eigenvalue weighted by Crippen LogP contribution is -2.26. The first kappa shape index (κ1) is 33.0. The number of aldehydes is 1. The molecule has 0 saturated carbocycles. The zero-order chi connectivity index (χ0) is 29.3. The standard InChI is InChI=1S/C19H22ClN3O2S.C8H8O.C5H12/c1-21-18-13-15(7-10-17(18)20)22-19(24)14-5-8-16(9-6-14)23-11-3-2-4-12-26(23)25;1-7-3-2-4-8(5-7)6-9;1-3-5-4-2/h5-10,13,21H,2-4,11-12H2,1H3,(H,22,24);2-6H,1H3;3-5H2,1-2H3. The van der Waals surface area contributed by atoms with Crippen LogP contribution in [0, 0.1) is 6.92 Å². The minimum absolute atomic E-state index is 0.196. The maximum atomic E-state index is 12.5. The molecule has 1 saturated heterocycles. The predicted molar refractivity (Wildman–Crippen MR) is 171 cm³/mol. The van der Waals surface area contributed by atoms with Crippen LogP contribution in [0.5, 0.6) is 0 Å². The summed E-state index contributed by atoms with van der Waals surface area (Å²) >= 11 is 6.06. The number of carbonyl (C=O) groups is 2. The van der Waals surface area contributed by atoms with Gasteiger partial charge in [-0.2, -0.15) is 0 Å². The Morgan fingerprint density at radius 3 is 2.30 bits per heavy atom. The van der Waals surface area contributed by atoms with E-state index in [2.05, 4.69) is 24.5 Å². The maximum absolute atomic E-state index is 12.5. The lowest BCUT2D eigenvalue weighted by molar-refractivity contribution is 0.102. The molecule has 40 heavy (non-hydrogen) atoms. The highest BCUT2D eigenvalue weighted by atomic mass is 35.5. The number of hydrogen-bond acceptors (Lipinski definition) is 4. The largest absolute Gasteiger partial charge is 0.387 e. The number of aryl methyl sites for hydroxylation is 1. The van der Waals surface area contributed by atoms with Crippen LogP contribution in [0.15, 0.2) is 66.7 Å². The molecule has 0 aliphatic carbocycles. The molecule has 0 radical (unpaired) electrons. The van der Waals surface area contributed by atoms with Crippen molar-refractivity contribution in [2.75, 3.05) is 34.3 Å². The first-order chi connectivity index (χ1) is 19.3. The number of rotatable bonds is 7. The number of benzene rings is 3. The van der Waals surface area contributed by atoms with Crippen LogP contribution >= 0.6 is 11.6 Å². The Morgan fingerprint density at radius 1 is 1.00 bits per heavy atom. The van der Waals surface area contributed by atoms with Gasteiger partial charge < -0.3 is 10.6 Å². The molecule has 0 bridgehead atoms. The van der Waals surface area contributed by atoms with Crippen molar-refractivity contribution in [3.63, 3.8) is 0 Å². The molecule has 216 valence electrons. The Morgan fingerprint density at radius 2 is 1.73 bits per heavy atom. The van der Waals surface area contributed by atoms with Gasteiger partial charge in [0.15, 0.2) is 0 Å². The van der Waals surface area contributed by atoms with Crippen molar-refractivity contribution < 1.29 is 13.8 Å². The van der Waals surface area contributed by atoms with Crippen molar-refractivity contribution in [3.8, 4) is 0 Å². The molecule has 1 fully saturated rings. The van der Waals surface area contributed by atoms with Gasteiger partial charge in [0.1, 0.15) is 17.3 Å². The van der Waals surface area contributed by atoms with E-state index in [1.807, 2.05) is 41.6 Å². The fraction of sp³-hybridized carbons (Fsp3) is 0.375. The fourth-order valence-corrected chi connectivity index (χ4v) is 5.56. The summed E-state index contributed by atoms with van der Waals surface area (Å²) in [7, 11) is 0.788. The van der Waals surface area contributed by atoms with Gasteiger partial charge in [0.2, 0.25) is 0 Å². The van der Waals surface area contributed by atoms with Crippen LogP contribution in [-0.2, 0) is 11.0 Å². The summed E-state index contributed by atoms with van der Waals surface area (Å²) in [4.78, 5) is 22.6. The number of nitrogens with one attached hydrogen (secondary N) is 2. The number of amides is 1. The molecule has 1 atom stereocenters. The van der Waals surface area contributed by atoms with Gasteiger partial charge in [-0.25, -0.2) is 4.21 Å². The second-order valence-electron chi connectivity index (χ2n) is 9.52. The first-order valence-corrected chi connectivity index (χ1v) is 15.5. The van der Waals surface area contributed by atoms with E-state index in [1.165, 1.54) is 19.3 Å². The molecule has 6 nitrogen and oxygen atoms in total. The number of unbranched alkanes of at least 4 members (excludes halogenated alkanes) is 2. The smallest absolute Gasteiger partial charge is 0.255 e. The van der Waals surface area contributed by atoms with E-state index in [0.717, 1.165) is 54.6 Å². The molecule has 1 heterocycles. The topological polar surface area (TPSA) is 78.5 Å². The minimum atomic E-state index is -0.988. The molecule has 1 unspecified atom stereocenters. The summed E-state index contributed by atoms with van der Waals surface area (Å²) < 4.78 is 14.2. The van der Waals surface area contributed by atoms with E-state index in [9.17, 15) is 13.8 Å². The molecule has 2 N–H and O–H groups in total. The SMILES string of the molecule is CCCCC.CNc1cc(NC(=O)c2ccc(N3CCCCCS3=O)cc2)ccc1Cl.Cc1cccc(C=O)c1. The van der Waals surface area contributed by atoms with Gasteiger partial charge in [0.25, 0.3) is 5.91 Å². The highest BCUT2D eigenvalue weighted by Crippen LogP contribution is 2.26. The summed E-state index contributed by atoms with van der Waals surface area (Å²) in [6.07, 6.45) is 8.08. The van der Waals surface area contributed by atoms with Crippen molar-refractivity contribution in [1.82, 2.24) is 0 Å². The summed E-state index contributed by atoms with van der Waals surface area (Å²) in [6.45, 7) is 7.18. The Hall–Kier alpha value is -3.16. The molecule has 1 aliphatic rings. The lowest BCUT2D eigenvalue weighted by Gasteiger charge is -2.21. The molecule has 8 heteroatoms. The Kier molecular flexibility index (Phi) is 15.1. The third kappa shape index (κ3) is 11.1. The minimum Gasteiger partial charge on any atom is -0.387 e. The number of anilines is 3. The molecule has 3 aromatic carbocycles. The van der Waals surface area contributed by atoms with E-state index >= 15 is 0 Å². The predicted octanol–water partition coefficient (Wildman–Crippen LogP) is 8.29. The zero-order valence-electron chi connectivity index (χ0n) is 24.0. The van der Waals surface area contributed by atoms with Gasteiger partial charge in [0.05, 0.1) is 10.7 Å². The molecule has 4 rings (SSSR count). The first-order valence-electron chi connectivity index (χ1n) is 13.9. The number of carbonyl (C=O) groups excluding carboxylic acids is 2. The summed E-state index contributed by atoms with van der Waals surface area (Å²) in [5.74, 6) is 0.505. The summed E-state index contributed by atoms with van der Waals surface area (Å²) in [5, 5.41) is 6.45. The van der Waals surface area contributed by atoms with Crippen molar-refractivity contribution in [3.05, 3.63) is 88.4 Å². The highest BCUT2D eigenvalue weighted by molar-refractivity contribution is 7.86. The van der Waals surface area contributed by atoms with E-state index in [0.29, 0.717) is 22.0 Å². The van der Waals surface area contributed by atoms with Crippen LogP contribution in [0.1, 0.15) is 78.7 Å². The quantitative estimate of drug-likeness (QED) is 0.274. The normalized spacial score (nSPS) is 14.4. The third-order valence-electron chi connectivity index (χ3n) is 6.22. The molecular formula is C32H42ClN3O3S. The third-order valence-corrected chi connectivity index (χ3v) is 8.07. The van der Waals surface area contributed by atoms with Crippen molar-refractivity contribution in [2.45, 2.75) is 59.3 Å². The number of hydrogen-bond donors (Lipinski definition) is 2. The summed E-state index contributed by atoms with van der Waals surface area (Å²) in [6, 6.07) is 20.0.